The third-order valence-electron chi connectivity index (χ3n) is 3.50. The number of hydrogen-bond donors (Lipinski definition) is 1. The predicted octanol–water partition coefficient (Wildman–Crippen LogP) is 2.82. The van der Waals surface area contributed by atoms with Gasteiger partial charge in [0.1, 0.15) is 11.6 Å². The van der Waals surface area contributed by atoms with Gasteiger partial charge in [-0.2, -0.15) is 8.78 Å². The van der Waals surface area contributed by atoms with E-state index in [1.807, 2.05) is 0 Å². The molecule has 5 nitrogen and oxygen atoms in total. The minimum atomic E-state index is -2.94. The zero-order chi connectivity index (χ0) is 19.1. The molecule has 0 spiro atoms. The second-order valence-corrected chi connectivity index (χ2v) is 5.46. The maximum absolute atomic E-state index is 12.9. The molecule has 0 saturated heterocycles. The van der Waals surface area contributed by atoms with Gasteiger partial charge in [-0.1, -0.05) is 12.1 Å². The summed E-state index contributed by atoms with van der Waals surface area (Å²) in [6, 6.07) is 10.9. The number of benzene rings is 2. The van der Waals surface area contributed by atoms with Crippen LogP contribution >= 0.6 is 0 Å². The van der Waals surface area contributed by atoms with Crippen molar-refractivity contribution in [3.8, 4) is 5.75 Å². The van der Waals surface area contributed by atoms with Crippen molar-refractivity contribution >= 4 is 11.8 Å². The van der Waals surface area contributed by atoms with Crippen LogP contribution in [0.1, 0.15) is 15.9 Å². The molecule has 1 N–H and O–H groups in total. The number of nitrogens with zero attached hydrogens (tertiary/aromatic N) is 1. The number of hydrogen-bond acceptors (Lipinski definition) is 3. The molecule has 138 valence electrons. The Morgan fingerprint density at radius 3 is 2.27 bits per heavy atom. The highest BCUT2D eigenvalue weighted by Crippen LogP contribution is 2.14. The van der Waals surface area contributed by atoms with Crippen molar-refractivity contribution < 1.29 is 27.5 Å². The largest absolute Gasteiger partial charge is 0.435 e. The Balaban J connectivity index is 1.83. The fraction of sp³-hybridized carbons (Fsp3) is 0.222. The fourth-order valence-electron chi connectivity index (χ4n) is 2.13. The average molecular weight is 366 g/mol. The molecular formula is C18H17F3N2O3. The van der Waals surface area contributed by atoms with E-state index in [2.05, 4.69) is 10.1 Å². The number of rotatable bonds is 7. The molecule has 0 aliphatic heterocycles. The van der Waals surface area contributed by atoms with Crippen LogP contribution in [0, 0.1) is 5.82 Å². The average Bonchev–Trinajstić information content (AvgIpc) is 2.61. The molecule has 0 heterocycles. The summed E-state index contributed by atoms with van der Waals surface area (Å²) in [4.78, 5) is 25.4. The summed E-state index contributed by atoms with van der Waals surface area (Å²) in [5.74, 6) is -1.27. The Morgan fingerprint density at radius 1 is 1.08 bits per heavy atom. The Labute approximate surface area is 148 Å². The van der Waals surface area contributed by atoms with Crippen molar-refractivity contribution in [3.05, 3.63) is 65.5 Å². The molecule has 0 radical (unpaired) electrons. The first-order valence-electron chi connectivity index (χ1n) is 7.66. The molecule has 0 aliphatic carbocycles. The summed E-state index contributed by atoms with van der Waals surface area (Å²) in [5.41, 5.74) is 0.962. The van der Waals surface area contributed by atoms with Gasteiger partial charge in [0.2, 0.25) is 5.91 Å². The first kappa shape index (κ1) is 19.3. The SMILES string of the molecule is CN(Cc1ccc(F)cc1)C(=O)CNC(=O)c1ccc(OC(F)F)cc1. The molecule has 0 unspecified atom stereocenters. The molecule has 2 rings (SSSR count). The van der Waals surface area contributed by atoms with Crippen LogP contribution < -0.4 is 10.1 Å². The van der Waals surface area contributed by atoms with Crippen LogP contribution in [-0.2, 0) is 11.3 Å². The molecular weight excluding hydrogens is 349 g/mol. The van der Waals surface area contributed by atoms with Crippen molar-refractivity contribution in [2.24, 2.45) is 0 Å². The number of likely N-dealkylation sites (N-methyl/N-ethyl adjacent to an activating group) is 1. The third-order valence-corrected chi connectivity index (χ3v) is 3.50. The van der Waals surface area contributed by atoms with Crippen LogP contribution in [0.2, 0.25) is 0 Å². The molecule has 0 aliphatic rings. The van der Waals surface area contributed by atoms with E-state index in [-0.39, 0.29) is 36.1 Å². The molecule has 0 atom stereocenters. The lowest BCUT2D eigenvalue weighted by molar-refractivity contribution is -0.129. The lowest BCUT2D eigenvalue weighted by Gasteiger charge is -2.17. The molecule has 8 heteroatoms. The van der Waals surface area contributed by atoms with Gasteiger partial charge in [-0.05, 0) is 42.0 Å². The van der Waals surface area contributed by atoms with Crippen LogP contribution in [0.5, 0.6) is 5.75 Å². The van der Waals surface area contributed by atoms with Gasteiger partial charge >= 0.3 is 6.61 Å². The van der Waals surface area contributed by atoms with Gasteiger partial charge in [0.15, 0.2) is 0 Å². The van der Waals surface area contributed by atoms with E-state index >= 15 is 0 Å². The highest BCUT2D eigenvalue weighted by molar-refractivity contribution is 5.96. The maximum Gasteiger partial charge on any atom is 0.387 e. The maximum atomic E-state index is 12.9. The topological polar surface area (TPSA) is 58.6 Å². The number of carbonyl (C=O) groups is 2. The number of ether oxygens (including phenoxy) is 1. The van der Waals surface area contributed by atoms with Crippen molar-refractivity contribution in [2.45, 2.75) is 13.2 Å². The van der Waals surface area contributed by atoms with Crippen molar-refractivity contribution in [2.75, 3.05) is 13.6 Å². The summed E-state index contributed by atoms with van der Waals surface area (Å²) in [6.07, 6.45) is 0. The van der Waals surface area contributed by atoms with Gasteiger partial charge in [-0.3, -0.25) is 9.59 Å². The summed E-state index contributed by atoms with van der Waals surface area (Å²) in [7, 11) is 1.56. The van der Waals surface area contributed by atoms with E-state index < -0.39 is 12.5 Å². The quantitative estimate of drug-likeness (QED) is 0.820. The number of halogens is 3. The van der Waals surface area contributed by atoms with Crippen LogP contribution in [0.3, 0.4) is 0 Å². The second kappa shape index (κ2) is 8.89. The molecule has 0 fully saturated rings. The zero-order valence-electron chi connectivity index (χ0n) is 13.9. The van der Waals surface area contributed by atoms with Crippen molar-refractivity contribution in [1.29, 1.82) is 0 Å². The Hall–Kier alpha value is -3.03. The smallest absolute Gasteiger partial charge is 0.387 e. The molecule has 2 aromatic rings. The zero-order valence-corrected chi connectivity index (χ0v) is 13.9. The standard InChI is InChI=1S/C18H17F3N2O3/c1-23(11-12-2-6-14(19)7-3-12)16(24)10-22-17(25)13-4-8-15(9-5-13)26-18(20)21/h2-9,18H,10-11H2,1H3,(H,22,25). The predicted molar refractivity (Wildman–Crippen MR) is 88.3 cm³/mol. The molecule has 0 bridgehead atoms. The van der Waals surface area contributed by atoms with Crippen molar-refractivity contribution in [3.63, 3.8) is 0 Å². The minimum Gasteiger partial charge on any atom is -0.435 e. The van der Waals surface area contributed by atoms with E-state index in [1.165, 1.54) is 41.3 Å². The minimum absolute atomic E-state index is 0.0633. The van der Waals surface area contributed by atoms with E-state index in [1.54, 1.807) is 19.2 Å². The number of nitrogens with one attached hydrogen (secondary N) is 1. The van der Waals surface area contributed by atoms with Crippen LogP contribution in [-0.4, -0.2) is 36.9 Å². The molecule has 2 aromatic carbocycles. The first-order valence-corrected chi connectivity index (χ1v) is 7.66. The molecule has 2 amide bonds. The summed E-state index contributed by atoms with van der Waals surface area (Å²) in [6.45, 7) is -2.90. The highest BCUT2D eigenvalue weighted by Gasteiger charge is 2.13. The lowest BCUT2D eigenvalue weighted by Crippen LogP contribution is -2.37. The number of amides is 2. The lowest BCUT2D eigenvalue weighted by atomic mass is 10.2. The summed E-state index contributed by atoms with van der Waals surface area (Å²) in [5, 5.41) is 2.46. The first-order chi connectivity index (χ1) is 12.3. The molecule has 26 heavy (non-hydrogen) atoms. The van der Waals surface area contributed by atoms with Gasteiger partial charge in [0.25, 0.3) is 5.91 Å². The summed E-state index contributed by atoms with van der Waals surface area (Å²) >= 11 is 0. The number of carbonyl (C=O) groups excluding carboxylic acids is 2. The van der Waals surface area contributed by atoms with E-state index in [0.29, 0.717) is 0 Å². The van der Waals surface area contributed by atoms with Crippen LogP contribution in [0.25, 0.3) is 0 Å². The van der Waals surface area contributed by atoms with E-state index in [0.717, 1.165) is 5.56 Å². The molecule has 0 saturated carbocycles. The van der Waals surface area contributed by atoms with Gasteiger partial charge < -0.3 is 15.0 Å². The van der Waals surface area contributed by atoms with E-state index in [9.17, 15) is 22.8 Å². The fourth-order valence-corrected chi connectivity index (χ4v) is 2.13. The monoisotopic (exact) mass is 366 g/mol. The van der Waals surface area contributed by atoms with Gasteiger partial charge in [0.05, 0.1) is 6.54 Å². The Bertz CT molecular complexity index is 749. The third kappa shape index (κ3) is 5.80. The van der Waals surface area contributed by atoms with Crippen LogP contribution in [0.15, 0.2) is 48.5 Å². The second-order valence-electron chi connectivity index (χ2n) is 5.46. The molecule has 0 aromatic heterocycles. The van der Waals surface area contributed by atoms with Crippen molar-refractivity contribution in [1.82, 2.24) is 10.2 Å². The Morgan fingerprint density at radius 2 is 1.69 bits per heavy atom. The van der Waals surface area contributed by atoms with Gasteiger partial charge in [-0.15, -0.1) is 0 Å². The van der Waals surface area contributed by atoms with Gasteiger partial charge in [-0.25, -0.2) is 4.39 Å². The van der Waals surface area contributed by atoms with Crippen LogP contribution in [0.4, 0.5) is 13.2 Å². The highest BCUT2D eigenvalue weighted by atomic mass is 19.3. The van der Waals surface area contributed by atoms with E-state index in [4.69, 9.17) is 0 Å². The summed E-state index contributed by atoms with van der Waals surface area (Å²) < 4.78 is 41.2. The normalized spacial score (nSPS) is 10.5. The van der Waals surface area contributed by atoms with Gasteiger partial charge in [0, 0.05) is 19.2 Å². The number of alkyl halides is 2. The Kier molecular flexibility index (Phi) is 6.60.